The van der Waals surface area contributed by atoms with Gasteiger partial charge in [-0.15, -0.1) is 0 Å². The summed E-state index contributed by atoms with van der Waals surface area (Å²) in [7, 11) is -2.68. The van der Waals surface area contributed by atoms with E-state index in [0.29, 0.717) is 22.9 Å². The van der Waals surface area contributed by atoms with Gasteiger partial charge in [0.25, 0.3) is 10.0 Å². The number of methoxy groups -OCH3 is 1. The molecule has 0 aliphatic rings. The lowest BCUT2D eigenvalue weighted by molar-refractivity contribution is -0.140. The minimum Gasteiger partial charge on any atom is -0.497 e. The summed E-state index contributed by atoms with van der Waals surface area (Å²) in [6.45, 7) is 5.22. The van der Waals surface area contributed by atoms with Crippen molar-refractivity contribution in [2.45, 2.75) is 44.7 Å². The first-order valence-corrected chi connectivity index (χ1v) is 16.5. The molecule has 0 saturated carbocycles. The van der Waals surface area contributed by atoms with Crippen LogP contribution in [0.15, 0.2) is 102 Å². The Morgan fingerprint density at radius 1 is 0.889 bits per heavy atom. The second-order valence-electron chi connectivity index (χ2n) is 10.7. The number of benzene rings is 4. The third kappa shape index (κ3) is 8.23. The van der Waals surface area contributed by atoms with Gasteiger partial charge in [0.15, 0.2) is 0 Å². The number of amides is 2. The van der Waals surface area contributed by atoms with Gasteiger partial charge in [0.05, 0.1) is 17.7 Å². The number of halogens is 1. The number of nitrogens with one attached hydrogen (secondary N) is 1. The topological polar surface area (TPSA) is 96.0 Å². The van der Waals surface area contributed by atoms with Gasteiger partial charge >= 0.3 is 0 Å². The van der Waals surface area contributed by atoms with Gasteiger partial charge in [-0.1, -0.05) is 77.8 Å². The highest BCUT2D eigenvalue weighted by atomic mass is 35.5. The molecule has 0 radical (unpaired) electrons. The van der Waals surface area contributed by atoms with E-state index < -0.39 is 28.5 Å². The van der Waals surface area contributed by atoms with Crippen molar-refractivity contribution >= 4 is 39.1 Å². The van der Waals surface area contributed by atoms with Crippen molar-refractivity contribution in [3.05, 3.63) is 124 Å². The van der Waals surface area contributed by atoms with E-state index in [2.05, 4.69) is 5.32 Å². The summed E-state index contributed by atoms with van der Waals surface area (Å²) in [5, 5.41) is 3.23. The predicted molar refractivity (Wildman–Crippen MR) is 178 cm³/mol. The fraction of sp³-hybridized carbons (Fsp3) is 0.257. The van der Waals surface area contributed by atoms with E-state index in [4.69, 9.17) is 16.3 Å². The van der Waals surface area contributed by atoms with E-state index in [9.17, 15) is 18.0 Å². The van der Waals surface area contributed by atoms with Gasteiger partial charge in [-0.3, -0.25) is 13.9 Å². The summed E-state index contributed by atoms with van der Waals surface area (Å²) >= 11 is 6.45. The van der Waals surface area contributed by atoms with Crippen LogP contribution in [0.25, 0.3) is 0 Å². The number of aryl methyl sites for hydroxylation is 1. The number of anilines is 1. The molecule has 236 valence electrons. The van der Waals surface area contributed by atoms with Crippen molar-refractivity contribution in [3.63, 3.8) is 0 Å². The Bertz CT molecular complexity index is 1730. The van der Waals surface area contributed by atoms with Crippen LogP contribution < -0.4 is 14.4 Å². The zero-order chi connectivity index (χ0) is 32.6. The maximum atomic E-state index is 14.5. The Morgan fingerprint density at radius 2 is 1.56 bits per heavy atom. The van der Waals surface area contributed by atoms with Gasteiger partial charge in [-0.25, -0.2) is 8.42 Å². The maximum absolute atomic E-state index is 14.5. The van der Waals surface area contributed by atoms with Crippen LogP contribution in [0, 0.1) is 13.8 Å². The van der Waals surface area contributed by atoms with Crippen LogP contribution >= 0.6 is 11.6 Å². The highest BCUT2D eigenvalue weighted by Gasteiger charge is 2.35. The molecule has 1 N–H and O–H groups in total. The molecule has 0 aromatic heterocycles. The molecule has 0 aliphatic carbocycles. The first-order chi connectivity index (χ1) is 21.5. The number of carbonyl (C=O) groups is 2. The van der Waals surface area contributed by atoms with E-state index >= 15 is 0 Å². The van der Waals surface area contributed by atoms with Crippen LogP contribution in [0.2, 0.25) is 5.02 Å². The quantitative estimate of drug-likeness (QED) is 0.194. The van der Waals surface area contributed by atoms with Gasteiger partial charge in [0.1, 0.15) is 18.3 Å². The summed E-state index contributed by atoms with van der Waals surface area (Å²) in [5.74, 6) is -0.305. The Labute approximate surface area is 270 Å². The van der Waals surface area contributed by atoms with Crippen molar-refractivity contribution < 1.29 is 22.7 Å². The highest BCUT2D eigenvalue weighted by molar-refractivity contribution is 7.92. The number of hydrogen-bond acceptors (Lipinski definition) is 5. The summed E-state index contributed by atoms with van der Waals surface area (Å²) < 4.78 is 34.9. The predicted octanol–water partition coefficient (Wildman–Crippen LogP) is 5.94. The molecule has 8 nitrogen and oxygen atoms in total. The smallest absolute Gasteiger partial charge is 0.264 e. The second kappa shape index (κ2) is 15.1. The molecule has 0 spiro atoms. The van der Waals surface area contributed by atoms with Gasteiger partial charge in [-0.2, -0.15) is 0 Å². The zero-order valence-corrected chi connectivity index (χ0v) is 27.4. The molecule has 0 aliphatic heterocycles. The van der Waals surface area contributed by atoms with Crippen LogP contribution in [-0.2, 0) is 32.6 Å². The fourth-order valence-electron chi connectivity index (χ4n) is 5.03. The third-order valence-corrected chi connectivity index (χ3v) is 9.69. The summed E-state index contributed by atoms with van der Waals surface area (Å²) in [4.78, 5) is 29.6. The molecule has 45 heavy (non-hydrogen) atoms. The molecule has 0 bridgehead atoms. The maximum Gasteiger partial charge on any atom is 0.264 e. The zero-order valence-electron chi connectivity index (χ0n) is 25.9. The third-order valence-electron chi connectivity index (χ3n) is 7.50. The molecular formula is C35H38ClN3O5S. The van der Waals surface area contributed by atoms with Crippen molar-refractivity contribution in [1.82, 2.24) is 10.2 Å². The summed E-state index contributed by atoms with van der Waals surface area (Å²) in [6.07, 6.45) is 0.225. The normalized spacial score (nSPS) is 11.8. The van der Waals surface area contributed by atoms with E-state index in [0.717, 1.165) is 21.0 Å². The first-order valence-electron chi connectivity index (χ1n) is 14.6. The number of hydrogen-bond donors (Lipinski definition) is 1. The highest BCUT2D eigenvalue weighted by Crippen LogP contribution is 2.31. The molecule has 1 atom stereocenters. The Hall–Kier alpha value is -4.34. The van der Waals surface area contributed by atoms with Crippen LogP contribution in [0.5, 0.6) is 5.75 Å². The molecule has 0 fully saturated rings. The van der Waals surface area contributed by atoms with Gasteiger partial charge in [0.2, 0.25) is 11.8 Å². The molecule has 10 heteroatoms. The van der Waals surface area contributed by atoms with Gasteiger partial charge in [0, 0.05) is 24.5 Å². The summed E-state index contributed by atoms with van der Waals surface area (Å²) in [6, 6.07) is 27.1. The minimum absolute atomic E-state index is 0.0317. The lowest BCUT2D eigenvalue weighted by Crippen LogP contribution is -2.53. The average Bonchev–Trinajstić information content (AvgIpc) is 3.03. The fourth-order valence-corrected chi connectivity index (χ4v) is 6.67. The molecule has 2 amide bonds. The van der Waals surface area contributed by atoms with Gasteiger partial charge in [-0.05, 0) is 73.9 Å². The first kappa shape index (κ1) is 33.6. The lowest BCUT2D eigenvalue weighted by Gasteiger charge is -2.34. The largest absolute Gasteiger partial charge is 0.497 e. The van der Waals surface area contributed by atoms with Crippen molar-refractivity contribution in [2.24, 2.45) is 0 Å². The Morgan fingerprint density at radius 3 is 2.22 bits per heavy atom. The van der Waals surface area contributed by atoms with Crippen LogP contribution in [-0.4, -0.2) is 51.4 Å². The SMILES string of the molecule is CCNC(=O)[C@H](Cc1ccccc1)N(Cc1cccc(OC)c1)C(=O)CN(c1cccc(Cl)c1C)S(=O)(=O)c1ccc(C)cc1. The van der Waals surface area contributed by atoms with E-state index in [-0.39, 0.29) is 29.5 Å². The number of ether oxygens (including phenoxy) is 1. The van der Waals surface area contributed by atoms with Crippen LogP contribution in [0.3, 0.4) is 0 Å². The molecule has 4 aromatic rings. The molecule has 0 heterocycles. The van der Waals surface area contributed by atoms with E-state index in [1.165, 1.54) is 17.0 Å². The monoisotopic (exact) mass is 647 g/mol. The van der Waals surface area contributed by atoms with Crippen LogP contribution in [0.1, 0.15) is 29.2 Å². The summed E-state index contributed by atoms with van der Waals surface area (Å²) in [5.41, 5.74) is 3.25. The lowest BCUT2D eigenvalue weighted by atomic mass is 10.0. The van der Waals surface area contributed by atoms with Crippen LogP contribution in [0.4, 0.5) is 5.69 Å². The molecule has 4 aromatic carbocycles. The van der Waals surface area contributed by atoms with E-state index in [1.807, 2.05) is 50.2 Å². The number of rotatable bonds is 13. The second-order valence-corrected chi connectivity index (χ2v) is 13.0. The Kier molecular flexibility index (Phi) is 11.3. The van der Waals surface area contributed by atoms with Crippen molar-refractivity contribution in [1.29, 1.82) is 0 Å². The minimum atomic E-state index is -4.23. The Balaban J connectivity index is 1.83. The average molecular weight is 648 g/mol. The van der Waals surface area contributed by atoms with Crippen molar-refractivity contribution in [2.75, 3.05) is 24.5 Å². The number of carbonyl (C=O) groups excluding carboxylic acids is 2. The molecule has 4 rings (SSSR count). The van der Waals surface area contributed by atoms with Gasteiger partial charge < -0.3 is 15.0 Å². The number of sulfonamides is 1. The molecule has 0 unspecified atom stereocenters. The van der Waals surface area contributed by atoms with Crippen molar-refractivity contribution in [3.8, 4) is 5.75 Å². The molecule has 0 saturated heterocycles. The number of likely N-dealkylation sites (N-methyl/N-ethyl adjacent to an activating group) is 1. The standard InChI is InChI=1S/C35H38ClN3O5S/c1-5-37-35(41)33(22-27-11-7-6-8-12-27)38(23-28-13-9-14-29(21-28)44-4)34(40)24-39(32-16-10-15-31(36)26(32)3)45(42,43)30-19-17-25(2)18-20-30/h6-21,33H,5,22-24H2,1-4H3,(H,37,41)/t33-/m0/s1. The molecular weight excluding hydrogens is 610 g/mol. The van der Waals surface area contributed by atoms with E-state index in [1.54, 1.807) is 62.6 Å². The number of nitrogens with zero attached hydrogens (tertiary/aromatic N) is 2.